The number of aromatic nitrogens is 3. The molecule has 0 aromatic carbocycles. The molecule has 0 saturated carbocycles. The zero-order chi connectivity index (χ0) is 12.3. The van der Waals surface area contributed by atoms with Gasteiger partial charge < -0.3 is 0 Å². The summed E-state index contributed by atoms with van der Waals surface area (Å²) in [5, 5.41) is 8.14. The first kappa shape index (κ1) is 11.4. The monoisotopic (exact) mass is 244 g/mol. The molecule has 2 heterocycles. The first-order chi connectivity index (χ1) is 8.18. The fraction of sp³-hybridized carbons (Fsp3) is 0. The van der Waals surface area contributed by atoms with Crippen LogP contribution in [0.15, 0.2) is 43.4 Å². The van der Waals surface area contributed by atoms with Crippen molar-refractivity contribution in [2.45, 2.75) is 0 Å². The predicted octanol–water partition coefficient (Wildman–Crippen LogP) is 2.61. The Labute approximate surface area is 104 Å². The Hall–Kier alpha value is -2.07. The van der Waals surface area contributed by atoms with Gasteiger partial charge in [-0.15, -0.1) is 0 Å². The van der Waals surface area contributed by atoms with Crippen molar-refractivity contribution in [2.24, 2.45) is 0 Å². The third kappa shape index (κ3) is 2.54. The Morgan fingerprint density at radius 2 is 2.12 bits per heavy atom. The number of nitrogens with one attached hydrogen (secondary N) is 1. The van der Waals surface area contributed by atoms with Crippen LogP contribution < -0.4 is 0 Å². The van der Waals surface area contributed by atoms with Crippen molar-refractivity contribution in [3.8, 4) is 0 Å². The lowest BCUT2D eigenvalue weighted by Gasteiger charge is -2.06. The van der Waals surface area contributed by atoms with Gasteiger partial charge in [0, 0.05) is 29.7 Å². The lowest BCUT2D eigenvalue weighted by Crippen LogP contribution is -2.04. The van der Waals surface area contributed by atoms with Crippen LogP contribution in [0.1, 0.15) is 11.3 Å². The van der Waals surface area contributed by atoms with Gasteiger partial charge in [0.05, 0.1) is 11.4 Å². The SMILES string of the molecule is C=C(C(=N)c1cccnc1)c1ccnc(Cl)n1. The van der Waals surface area contributed by atoms with Crippen molar-refractivity contribution in [3.05, 3.63) is 59.9 Å². The molecule has 2 aromatic rings. The van der Waals surface area contributed by atoms with Crippen LogP contribution in [0.5, 0.6) is 0 Å². The summed E-state index contributed by atoms with van der Waals surface area (Å²) in [7, 11) is 0. The van der Waals surface area contributed by atoms with Crippen LogP contribution in [0.2, 0.25) is 5.28 Å². The van der Waals surface area contributed by atoms with E-state index in [0.29, 0.717) is 16.8 Å². The maximum absolute atomic E-state index is 8.00. The van der Waals surface area contributed by atoms with Gasteiger partial charge in [-0.25, -0.2) is 9.97 Å². The molecule has 17 heavy (non-hydrogen) atoms. The lowest BCUT2D eigenvalue weighted by molar-refractivity contribution is 1.15. The fourth-order valence-corrected chi connectivity index (χ4v) is 1.46. The molecular weight excluding hydrogens is 236 g/mol. The van der Waals surface area contributed by atoms with Crippen LogP contribution >= 0.6 is 11.6 Å². The molecule has 0 aliphatic heterocycles. The molecule has 0 amide bonds. The van der Waals surface area contributed by atoms with E-state index in [1.165, 1.54) is 6.20 Å². The molecule has 0 aliphatic rings. The molecule has 0 atom stereocenters. The quantitative estimate of drug-likeness (QED) is 0.667. The first-order valence-corrected chi connectivity index (χ1v) is 5.23. The van der Waals surface area contributed by atoms with Gasteiger partial charge in [-0.1, -0.05) is 6.58 Å². The Morgan fingerprint density at radius 3 is 2.76 bits per heavy atom. The summed E-state index contributed by atoms with van der Waals surface area (Å²) >= 11 is 5.69. The van der Waals surface area contributed by atoms with Crippen LogP contribution in [0.4, 0.5) is 0 Å². The highest BCUT2D eigenvalue weighted by molar-refractivity contribution is 6.30. The van der Waals surface area contributed by atoms with Crippen LogP contribution in [0, 0.1) is 5.41 Å². The van der Waals surface area contributed by atoms with Gasteiger partial charge >= 0.3 is 0 Å². The molecule has 84 valence electrons. The second-order valence-electron chi connectivity index (χ2n) is 3.31. The van der Waals surface area contributed by atoms with Crippen LogP contribution in [0.3, 0.4) is 0 Å². The average molecular weight is 245 g/mol. The largest absolute Gasteiger partial charge is 0.300 e. The normalized spacial score (nSPS) is 9.94. The van der Waals surface area contributed by atoms with Crippen molar-refractivity contribution in [1.82, 2.24) is 15.0 Å². The Balaban J connectivity index is 2.30. The summed E-state index contributed by atoms with van der Waals surface area (Å²) in [6.45, 7) is 3.84. The van der Waals surface area contributed by atoms with E-state index >= 15 is 0 Å². The highest BCUT2D eigenvalue weighted by atomic mass is 35.5. The van der Waals surface area contributed by atoms with Crippen molar-refractivity contribution in [2.75, 3.05) is 0 Å². The van der Waals surface area contributed by atoms with Crippen molar-refractivity contribution < 1.29 is 0 Å². The van der Waals surface area contributed by atoms with E-state index in [0.717, 1.165) is 0 Å². The molecule has 0 spiro atoms. The molecule has 5 heteroatoms. The van der Waals surface area contributed by atoms with E-state index in [-0.39, 0.29) is 11.0 Å². The third-order valence-electron chi connectivity index (χ3n) is 2.19. The molecular formula is C12H9ClN4. The molecule has 0 saturated heterocycles. The van der Waals surface area contributed by atoms with E-state index in [1.54, 1.807) is 30.6 Å². The fourth-order valence-electron chi connectivity index (χ4n) is 1.32. The number of hydrogen-bond donors (Lipinski definition) is 1. The number of rotatable bonds is 3. The van der Waals surface area contributed by atoms with Crippen LogP contribution in [-0.2, 0) is 0 Å². The van der Waals surface area contributed by atoms with E-state index in [2.05, 4.69) is 21.5 Å². The van der Waals surface area contributed by atoms with Crippen LogP contribution in [-0.4, -0.2) is 20.7 Å². The van der Waals surface area contributed by atoms with Gasteiger partial charge in [0.25, 0.3) is 0 Å². The third-order valence-corrected chi connectivity index (χ3v) is 2.37. The highest BCUT2D eigenvalue weighted by Crippen LogP contribution is 2.16. The lowest BCUT2D eigenvalue weighted by atomic mass is 10.0. The number of pyridine rings is 1. The van der Waals surface area contributed by atoms with Crippen LogP contribution in [0.25, 0.3) is 5.57 Å². The predicted molar refractivity (Wildman–Crippen MR) is 67.1 cm³/mol. The van der Waals surface area contributed by atoms with Gasteiger partial charge in [-0.3, -0.25) is 10.4 Å². The molecule has 0 aliphatic carbocycles. The smallest absolute Gasteiger partial charge is 0.222 e. The van der Waals surface area contributed by atoms with Crippen molar-refractivity contribution in [3.63, 3.8) is 0 Å². The minimum Gasteiger partial charge on any atom is -0.300 e. The molecule has 1 N–H and O–H groups in total. The molecule has 0 unspecified atom stereocenters. The van der Waals surface area contributed by atoms with Gasteiger partial charge in [-0.05, 0) is 29.8 Å². The Bertz CT molecular complexity index is 566. The van der Waals surface area contributed by atoms with Gasteiger partial charge in [0.1, 0.15) is 0 Å². The molecule has 0 fully saturated rings. The molecule has 2 rings (SSSR count). The number of halogens is 1. The highest BCUT2D eigenvalue weighted by Gasteiger charge is 2.10. The zero-order valence-corrected chi connectivity index (χ0v) is 9.65. The topological polar surface area (TPSA) is 62.5 Å². The molecule has 2 aromatic heterocycles. The summed E-state index contributed by atoms with van der Waals surface area (Å²) in [6.07, 6.45) is 4.80. The minimum atomic E-state index is 0.141. The van der Waals surface area contributed by atoms with E-state index < -0.39 is 0 Å². The Morgan fingerprint density at radius 1 is 1.29 bits per heavy atom. The molecule has 0 radical (unpaired) electrons. The number of nitrogens with zero attached hydrogens (tertiary/aromatic N) is 3. The number of allylic oxidation sites excluding steroid dienone is 1. The second-order valence-corrected chi connectivity index (χ2v) is 3.64. The summed E-state index contributed by atoms with van der Waals surface area (Å²) < 4.78 is 0. The number of hydrogen-bond acceptors (Lipinski definition) is 4. The van der Waals surface area contributed by atoms with Crippen molar-refractivity contribution in [1.29, 1.82) is 5.41 Å². The maximum Gasteiger partial charge on any atom is 0.222 e. The summed E-state index contributed by atoms with van der Waals surface area (Å²) in [6, 6.07) is 5.23. The first-order valence-electron chi connectivity index (χ1n) is 4.85. The summed E-state index contributed by atoms with van der Waals surface area (Å²) in [5.41, 5.74) is 1.99. The van der Waals surface area contributed by atoms with E-state index in [4.69, 9.17) is 17.0 Å². The van der Waals surface area contributed by atoms with Gasteiger partial charge in [0.15, 0.2) is 0 Å². The van der Waals surface area contributed by atoms with E-state index in [9.17, 15) is 0 Å². The average Bonchev–Trinajstić information content (AvgIpc) is 2.38. The van der Waals surface area contributed by atoms with E-state index in [1.807, 2.05) is 0 Å². The van der Waals surface area contributed by atoms with Gasteiger partial charge in [0.2, 0.25) is 5.28 Å². The molecule has 4 nitrogen and oxygen atoms in total. The Kier molecular flexibility index (Phi) is 3.25. The second kappa shape index (κ2) is 4.84. The maximum atomic E-state index is 8.00. The minimum absolute atomic E-state index is 0.141. The summed E-state index contributed by atoms with van der Waals surface area (Å²) in [4.78, 5) is 11.8. The van der Waals surface area contributed by atoms with Gasteiger partial charge in [-0.2, -0.15) is 0 Å². The standard InChI is InChI=1S/C12H9ClN4/c1-8(10-4-6-16-12(13)17-10)11(14)9-3-2-5-15-7-9/h2-7,14H,1H2. The molecule has 0 bridgehead atoms. The zero-order valence-electron chi connectivity index (χ0n) is 8.89. The summed E-state index contributed by atoms with van der Waals surface area (Å²) in [5.74, 6) is 0. The van der Waals surface area contributed by atoms with Crippen molar-refractivity contribution >= 4 is 22.9 Å².